The normalized spacial score (nSPS) is 13.8. The average molecular weight is 843 g/mol. The van der Waals surface area contributed by atoms with E-state index in [1.807, 2.05) is 0 Å². The number of rotatable bonds is 7. The smallest absolute Gasteiger partial charge is 0.0714 e. The molecule has 0 spiro atoms. The Balaban J connectivity index is 1.06. The molecule has 0 saturated carbocycles. The van der Waals surface area contributed by atoms with Crippen LogP contribution in [0.2, 0.25) is 0 Å². The van der Waals surface area contributed by atoms with Crippen molar-refractivity contribution in [1.82, 2.24) is 4.57 Å². The number of para-hydroxylation sites is 3. The summed E-state index contributed by atoms with van der Waals surface area (Å²) >= 11 is 0. The van der Waals surface area contributed by atoms with Crippen molar-refractivity contribution in [3.8, 4) is 39.1 Å². The van der Waals surface area contributed by atoms with Gasteiger partial charge in [-0.1, -0.05) is 202 Å². The summed E-state index contributed by atoms with van der Waals surface area (Å²) in [5.41, 5.74) is 21.6. The summed E-state index contributed by atoms with van der Waals surface area (Å²) in [5, 5.41) is 2.51. The maximum atomic E-state index is 2.50. The van der Waals surface area contributed by atoms with Crippen LogP contribution >= 0.6 is 0 Å². The van der Waals surface area contributed by atoms with E-state index in [1.54, 1.807) is 0 Å². The second kappa shape index (κ2) is 14.7. The van der Waals surface area contributed by atoms with E-state index in [9.17, 15) is 0 Å². The minimum Gasteiger partial charge on any atom is -0.310 e. The fourth-order valence-electron chi connectivity index (χ4n) is 11.9. The summed E-state index contributed by atoms with van der Waals surface area (Å²) < 4.78 is 2.40. The van der Waals surface area contributed by atoms with Crippen molar-refractivity contribution in [3.63, 3.8) is 0 Å². The minimum atomic E-state index is -0.536. The topological polar surface area (TPSA) is 8.17 Å². The standard InChI is InChI=1S/C64H46N2/c1-63(2)56-31-14-9-25-49(56)54-29-19-30-55(62(54)63)53-28-13-16-33-59(53)65(45-36-38-46(39-37-45)66-60-34-17-11-26-51(60)52-27-12-18-35-61(52)66)47-40-41-50-48-24-10-15-32-57(48)64(58(50)42-47,43-20-5-3-6-21-43)44-22-7-4-8-23-44/h3-42H,1-2H3. The van der Waals surface area contributed by atoms with Crippen LogP contribution in [-0.2, 0) is 10.8 Å². The van der Waals surface area contributed by atoms with E-state index in [0.717, 1.165) is 22.7 Å². The highest BCUT2D eigenvalue weighted by atomic mass is 15.1. The Kier molecular flexibility index (Phi) is 8.51. The Morgan fingerprint density at radius 2 is 0.818 bits per heavy atom. The molecule has 312 valence electrons. The number of benzene rings is 10. The van der Waals surface area contributed by atoms with Crippen LogP contribution in [0.3, 0.4) is 0 Å². The molecule has 2 nitrogen and oxygen atoms in total. The van der Waals surface area contributed by atoms with E-state index in [4.69, 9.17) is 0 Å². The zero-order valence-corrected chi connectivity index (χ0v) is 37.0. The van der Waals surface area contributed by atoms with Gasteiger partial charge in [0.1, 0.15) is 0 Å². The van der Waals surface area contributed by atoms with Gasteiger partial charge in [-0.3, -0.25) is 0 Å². The van der Waals surface area contributed by atoms with E-state index in [1.165, 1.54) is 88.6 Å². The molecular formula is C64H46N2. The van der Waals surface area contributed by atoms with Crippen LogP contribution < -0.4 is 4.90 Å². The van der Waals surface area contributed by atoms with Crippen molar-refractivity contribution in [2.45, 2.75) is 24.7 Å². The summed E-state index contributed by atoms with van der Waals surface area (Å²) in [6.07, 6.45) is 0. The molecule has 13 rings (SSSR count). The Hall–Kier alpha value is -8.20. The Bertz CT molecular complexity index is 3580. The molecule has 10 aromatic carbocycles. The number of hydrogen-bond acceptors (Lipinski definition) is 1. The fraction of sp³-hybridized carbons (Fsp3) is 0.0625. The van der Waals surface area contributed by atoms with Crippen LogP contribution in [0, 0.1) is 0 Å². The first kappa shape index (κ1) is 38.3. The maximum absolute atomic E-state index is 2.50. The van der Waals surface area contributed by atoms with Crippen LogP contribution in [0.25, 0.3) is 60.9 Å². The molecule has 0 bridgehead atoms. The molecule has 0 saturated heterocycles. The SMILES string of the molecule is CC1(C)c2ccccc2-c2cccc(-c3ccccc3N(c3ccc(-n4c5ccccc5c5ccccc54)cc3)c3ccc4c(c3)C(c3ccccc3)(c3ccccc3)c3ccccc3-4)c21. The van der Waals surface area contributed by atoms with Crippen molar-refractivity contribution in [2.75, 3.05) is 4.90 Å². The molecule has 0 amide bonds. The first-order valence-electron chi connectivity index (χ1n) is 23.1. The number of nitrogens with zero attached hydrogens (tertiary/aromatic N) is 2. The van der Waals surface area contributed by atoms with E-state index < -0.39 is 5.41 Å². The molecular weight excluding hydrogens is 797 g/mol. The number of hydrogen-bond donors (Lipinski definition) is 0. The fourth-order valence-corrected chi connectivity index (χ4v) is 11.9. The van der Waals surface area contributed by atoms with Crippen molar-refractivity contribution >= 4 is 38.9 Å². The monoisotopic (exact) mass is 842 g/mol. The number of anilines is 3. The molecule has 1 aromatic heterocycles. The Morgan fingerprint density at radius 1 is 0.348 bits per heavy atom. The summed E-state index contributed by atoms with van der Waals surface area (Å²) in [7, 11) is 0. The molecule has 0 fully saturated rings. The highest BCUT2D eigenvalue weighted by Gasteiger charge is 2.46. The molecule has 0 unspecified atom stereocenters. The number of aromatic nitrogens is 1. The molecule has 2 heteroatoms. The average Bonchev–Trinajstić information content (AvgIpc) is 3.96. The van der Waals surface area contributed by atoms with Crippen LogP contribution in [-0.4, -0.2) is 4.57 Å². The van der Waals surface area contributed by atoms with Gasteiger partial charge in [-0.15, -0.1) is 0 Å². The van der Waals surface area contributed by atoms with Crippen LogP contribution in [0.4, 0.5) is 17.1 Å². The number of fused-ring (bicyclic) bond motifs is 9. The van der Waals surface area contributed by atoms with Crippen molar-refractivity contribution in [3.05, 3.63) is 276 Å². The first-order valence-corrected chi connectivity index (χ1v) is 23.1. The van der Waals surface area contributed by atoms with Crippen LogP contribution in [0.5, 0.6) is 0 Å². The molecule has 2 aliphatic rings. The molecule has 0 radical (unpaired) electrons. The highest BCUT2D eigenvalue weighted by Crippen LogP contribution is 2.58. The molecule has 11 aromatic rings. The van der Waals surface area contributed by atoms with Crippen LogP contribution in [0.1, 0.15) is 47.2 Å². The van der Waals surface area contributed by atoms with Gasteiger partial charge in [0.25, 0.3) is 0 Å². The second-order valence-corrected chi connectivity index (χ2v) is 18.4. The summed E-state index contributed by atoms with van der Waals surface area (Å²) in [4.78, 5) is 2.50. The molecule has 2 aliphatic carbocycles. The Labute approximate surface area is 386 Å². The quantitative estimate of drug-likeness (QED) is 0.155. The van der Waals surface area contributed by atoms with Gasteiger partial charge in [0.05, 0.1) is 22.1 Å². The lowest BCUT2D eigenvalue weighted by molar-refractivity contribution is 0.662. The van der Waals surface area contributed by atoms with Crippen molar-refractivity contribution < 1.29 is 0 Å². The zero-order chi connectivity index (χ0) is 44.0. The third-order valence-electron chi connectivity index (χ3n) is 14.7. The summed E-state index contributed by atoms with van der Waals surface area (Å²) in [5.74, 6) is 0. The first-order chi connectivity index (χ1) is 32.5. The van der Waals surface area contributed by atoms with Crippen molar-refractivity contribution in [2.24, 2.45) is 0 Å². The van der Waals surface area contributed by atoms with E-state index in [-0.39, 0.29) is 5.41 Å². The molecule has 66 heavy (non-hydrogen) atoms. The van der Waals surface area contributed by atoms with E-state index in [0.29, 0.717) is 0 Å². The molecule has 0 atom stereocenters. The predicted octanol–water partition coefficient (Wildman–Crippen LogP) is 16.6. The summed E-state index contributed by atoms with van der Waals surface area (Å²) in [6.45, 7) is 4.78. The molecule has 0 aliphatic heterocycles. The third-order valence-corrected chi connectivity index (χ3v) is 14.7. The zero-order valence-electron chi connectivity index (χ0n) is 37.0. The molecule has 1 heterocycles. The third kappa shape index (κ3) is 5.42. The Morgan fingerprint density at radius 3 is 1.47 bits per heavy atom. The van der Waals surface area contributed by atoms with E-state index in [2.05, 4.69) is 266 Å². The van der Waals surface area contributed by atoms with Gasteiger partial charge in [0, 0.05) is 38.8 Å². The van der Waals surface area contributed by atoms with Gasteiger partial charge in [0.2, 0.25) is 0 Å². The maximum Gasteiger partial charge on any atom is 0.0714 e. The minimum absolute atomic E-state index is 0.186. The van der Waals surface area contributed by atoms with Crippen LogP contribution in [0.15, 0.2) is 243 Å². The highest BCUT2D eigenvalue weighted by molar-refractivity contribution is 6.09. The van der Waals surface area contributed by atoms with Gasteiger partial charge in [-0.2, -0.15) is 0 Å². The largest absolute Gasteiger partial charge is 0.310 e. The van der Waals surface area contributed by atoms with Gasteiger partial charge >= 0.3 is 0 Å². The van der Waals surface area contributed by atoms with Gasteiger partial charge < -0.3 is 9.47 Å². The van der Waals surface area contributed by atoms with Gasteiger partial charge in [-0.05, 0) is 116 Å². The second-order valence-electron chi connectivity index (χ2n) is 18.4. The van der Waals surface area contributed by atoms with Gasteiger partial charge in [0.15, 0.2) is 0 Å². The lowest BCUT2D eigenvalue weighted by Gasteiger charge is -2.35. The lowest BCUT2D eigenvalue weighted by Crippen LogP contribution is -2.28. The molecule has 0 N–H and O–H groups in total. The lowest BCUT2D eigenvalue weighted by atomic mass is 9.67. The summed E-state index contributed by atoms with van der Waals surface area (Å²) in [6, 6.07) is 90.0. The predicted molar refractivity (Wildman–Crippen MR) is 276 cm³/mol. The van der Waals surface area contributed by atoms with Gasteiger partial charge in [-0.25, -0.2) is 0 Å². The van der Waals surface area contributed by atoms with E-state index >= 15 is 0 Å². The van der Waals surface area contributed by atoms with Crippen molar-refractivity contribution in [1.29, 1.82) is 0 Å².